The van der Waals surface area contributed by atoms with Gasteiger partial charge < -0.3 is 15.4 Å². The summed E-state index contributed by atoms with van der Waals surface area (Å²) in [6.07, 6.45) is 0.109. The lowest BCUT2D eigenvalue weighted by Gasteiger charge is -2.32. The topological polar surface area (TPSA) is 55.6 Å². The van der Waals surface area contributed by atoms with Gasteiger partial charge in [0.2, 0.25) is 0 Å². The third-order valence-corrected chi connectivity index (χ3v) is 3.30. The predicted molar refractivity (Wildman–Crippen MR) is 76.7 cm³/mol. The van der Waals surface area contributed by atoms with Gasteiger partial charge in [-0.25, -0.2) is 8.78 Å². The monoisotopic (exact) mass is 298 g/mol. The first-order valence-electron chi connectivity index (χ1n) is 7.02. The Bertz CT molecular complexity index is 532. The van der Waals surface area contributed by atoms with E-state index in [4.69, 9.17) is 10.5 Å². The van der Waals surface area contributed by atoms with E-state index in [9.17, 15) is 13.6 Å². The van der Waals surface area contributed by atoms with Crippen molar-refractivity contribution >= 4 is 11.6 Å². The molecule has 0 radical (unpaired) electrons. The van der Waals surface area contributed by atoms with Crippen molar-refractivity contribution < 1.29 is 18.3 Å². The van der Waals surface area contributed by atoms with E-state index in [1.807, 2.05) is 13.8 Å². The van der Waals surface area contributed by atoms with Crippen molar-refractivity contribution in [2.24, 2.45) is 0 Å². The Morgan fingerprint density at radius 2 is 2.14 bits per heavy atom. The lowest BCUT2D eigenvalue weighted by atomic mass is 10.1. The van der Waals surface area contributed by atoms with E-state index in [0.29, 0.717) is 30.0 Å². The van der Waals surface area contributed by atoms with Crippen LogP contribution in [0.15, 0.2) is 18.2 Å². The molecule has 0 unspecified atom stereocenters. The van der Waals surface area contributed by atoms with Crippen molar-refractivity contribution in [3.63, 3.8) is 0 Å². The zero-order valence-corrected chi connectivity index (χ0v) is 12.2. The average molecular weight is 298 g/mol. The summed E-state index contributed by atoms with van der Waals surface area (Å²) in [5.74, 6) is -2.73. The summed E-state index contributed by atoms with van der Waals surface area (Å²) in [5, 5.41) is 0. The Labute approximate surface area is 122 Å². The molecule has 4 nitrogen and oxygen atoms in total. The number of nitrogens with two attached hydrogens (primary N) is 1. The molecule has 0 bridgehead atoms. The number of halogens is 2. The molecular formula is C15H20F2N2O2. The van der Waals surface area contributed by atoms with E-state index in [0.717, 1.165) is 0 Å². The normalized spacial score (nSPS) is 17.9. The number of benzene rings is 1. The summed E-state index contributed by atoms with van der Waals surface area (Å²) < 4.78 is 32.2. The lowest BCUT2D eigenvalue weighted by Crippen LogP contribution is -2.45. The Kier molecular flexibility index (Phi) is 4.34. The van der Waals surface area contributed by atoms with E-state index < -0.39 is 18.4 Å². The maximum atomic E-state index is 13.4. The van der Waals surface area contributed by atoms with Crippen LogP contribution in [0.5, 0.6) is 5.75 Å². The number of rotatable bonds is 3. The molecule has 1 aliphatic heterocycles. The third kappa shape index (κ3) is 3.83. The first kappa shape index (κ1) is 15.5. The molecule has 0 aromatic heterocycles. The molecule has 2 rings (SSSR count). The molecule has 1 aliphatic rings. The lowest BCUT2D eigenvalue weighted by molar-refractivity contribution is -0.0560. The minimum atomic E-state index is -2.81. The predicted octanol–water partition coefficient (Wildman–Crippen LogP) is 2.93. The molecule has 6 heteroatoms. The molecule has 1 heterocycles. The second kappa shape index (κ2) is 5.87. The van der Waals surface area contributed by atoms with Gasteiger partial charge in [0.25, 0.3) is 11.8 Å². The zero-order valence-electron chi connectivity index (χ0n) is 12.2. The smallest absolute Gasteiger partial charge is 0.265 e. The van der Waals surface area contributed by atoms with Crippen LogP contribution in [0, 0.1) is 0 Å². The average Bonchev–Trinajstić information content (AvgIpc) is 2.38. The fourth-order valence-corrected chi connectivity index (χ4v) is 2.36. The minimum absolute atomic E-state index is 0.0327. The number of carbonyl (C=O) groups excluding carboxylic acids is 1. The van der Waals surface area contributed by atoms with Gasteiger partial charge in [-0.05, 0) is 38.5 Å². The van der Waals surface area contributed by atoms with Gasteiger partial charge in [-0.15, -0.1) is 0 Å². The third-order valence-electron chi connectivity index (χ3n) is 3.30. The van der Waals surface area contributed by atoms with E-state index in [2.05, 4.69) is 0 Å². The fraction of sp³-hybridized carbons (Fsp3) is 0.533. The van der Waals surface area contributed by atoms with Crippen LogP contribution in [-0.2, 0) is 0 Å². The number of carbonyl (C=O) groups is 1. The number of amides is 1. The summed E-state index contributed by atoms with van der Waals surface area (Å²) in [6.45, 7) is 3.55. The number of anilines is 1. The summed E-state index contributed by atoms with van der Waals surface area (Å²) in [4.78, 5) is 13.5. The van der Waals surface area contributed by atoms with Gasteiger partial charge in [-0.3, -0.25) is 4.79 Å². The van der Waals surface area contributed by atoms with Gasteiger partial charge in [-0.1, -0.05) is 0 Å². The van der Waals surface area contributed by atoms with Crippen LogP contribution in [0.3, 0.4) is 0 Å². The number of hydrogen-bond donors (Lipinski definition) is 1. The first-order valence-corrected chi connectivity index (χ1v) is 7.02. The van der Waals surface area contributed by atoms with Gasteiger partial charge in [0.05, 0.1) is 18.3 Å². The second-order valence-electron chi connectivity index (χ2n) is 5.61. The summed E-state index contributed by atoms with van der Waals surface area (Å²) in [7, 11) is 0. The van der Waals surface area contributed by atoms with Crippen molar-refractivity contribution in [2.45, 2.75) is 38.7 Å². The second-order valence-corrected chi connectivity index (χ2v) is 5.61. The van der Waals surface area contributed by atoms with Crippen LogP contribution in [-0.4, -0.2) is 35.9 Å². The molecule has 1 saturated heterocycles. The van der Waals surface area contributed by atoms with E-state index in [-0.39, 0.29) is 12.5 Å². The van der Waals surface area contributed by atoms with Crippen molar-refractivity contribution in [1.82, 2.24) is 4.90 Å². The van der Waals surface area contributed by atoms with Gasteiger partial charge in [0, 0.05) is 18.5 Å². The standard InChI is InChI=1S/C15H20F2N2O2/c1-10(2)21-13-5-4-11(8-12(13)18)14(20)19-7-3-6-15(16,17)9-19/h4-5,8,10H,3,6-7,9,18H2,1-2H3. The van der Waals surface area contributed by atoms with Crippen LogP contribution in [0.25, 0.3) is 0 Å². The molecule has 0 spiro atoms. The molecule has 0 saturated carbocycles. The summed E-state index contributed by atoms with van der Waals surface area (Å²) in [5.41, 5.74) is 6.48. The fourth-order valence-electron chi connectivity index (χ4n) is 2.36. The van der Waals surface area contributed by atoms with Crippen molar-refractivity contribution in [1.29, 1.82) is 0 Å². The number of nitrogens with zero attached hydrogens (tertiary/aromatic N) is 1. The molecule has 1 fully saturated rings. The van der Waals surface area contributed by atoms with Crippen LogP contribution < -0.4 is 10.5 Å². The molecular weight excluding hydrogens is 278 g/mol. The van der Waals surface area contributed by atoms with Crippen molar-refractivity contribution in [2.75, 3.05) is 18.8 Å². The highest BCUT2D eigenvalue weighted by molar-refractivity contribution is 5.95. The maximum Gasteiger partial charge on any atom is 0.265 e. The van der Waals surface area contributed by atoms with Crippen LogP contribution in [0.2, 0.25) is 0 Å². The SMILES string of the molecule is CC(C)Oc1ccc(C(=O)N2CCCC(F)(F)C2)cc1N. The van der Waals surface area contributed by atoms with E-state index >= 15 is 0 Å². The highest BCUT2D eigenvalue weighted by atomic mass is 19.3. The first-order chi connectivity index (χ1) is 9.78. The number of hydrogen-bond acceptors (Lipinski definition) is 3. The van der Waals surface area contributed by atoms with Gasteiger partial charge in [0.1, 0.15) is 5.75 Å². The number of nitrogen functional groups attached to an aromatic ring is 1. The minimum Gasteiger partial charge on any atom is -0.489 e. The molecule has 0 atom stereocenters. The molecule has 2 N–H and O–H groups in total. The van der Waals surface area contributed by atoms with Gasteiger partial charge >= 0.3 is 0 Å². The van der Waals surface area contributed by atoms with Crippen molar-refractivity contribution in [3.8, 4) is 5.75 Å². The molecule has 116 valence electrons. The van der Waals surface area contributed by atoms with Crippen LogP contribution >= 0.6 is 0 Å². The molecule has 1 aromatic rings. The number of likely N-dealkylation sites (tertiary alicyclic amines) is 1. The Balaban J connectivity index is 2.14. The number of alkyl halides is 2. The number of piperidine rings is 1. The Morgan fingerprint density at radius 3 is 2.71 bits per heavy atom. The number of ether oxygens (including phenoxy) is 1. The molecule has 1 aromatic carbocycles. The molecule has 21 heavy (non-hydrogen) atoms. The van der Waals surface area contributed by atoms with Crippen LogP contribution in [0.4, 0.5) is 14.5 Å². The highest BCUT2D eigenvalue weighted by Gasteiger charge is 2.37. The highest BCUT2D eigenvalue weighted by Crippen LogP contribution is 2.29. The van der Waals surface area contributed by atoms with E-state index in [1.54, 1.807) is 12.1 Å². The Hall–Kier alpha value is -1.85. The molecule has 1 amide bonds. The largest absolute Gasteiger partial charge is 0.489 e. The zero-order chi connectivity index (χ0) is 15.6. The Morgan fingerprint density at radius 1 is 1.43 bits per heavy atom. The summed E-state index contributed by atoms with van der Waals surface area (Å²) in [6, 6.07) is 4.64. The van der Waals surface area contributed by atoms with Crippen molar-refractivity contribution in [3.05, 3.63) is 23.8 Å². The van der Waals surface area contributed by atoms with E-state index in [1.165, 1.54) is 11.0 Å². The quantitative estimate of drug-likeness (QED) is 0.873. The van der Waals surface area contributed by atoms with Gasteiger partial charge in [0.15, 0.2) is 0 Å². The summed E-state index contributed by atoms with van der Waals surface area (Å²) >= 11 is 0. The van der Waals surface area contributed by atoms with Gasteiger partial charge in [-0.2, -0.15) is 0 Å². The molecule has 0 aliphatic carbocycles. The maximum absolute atomic E-state index is 13.4. The van der Waals surface area contributed by atoms with Crippen LogP contribution in [0.1, 0.15) is 37.0 Å².